The Labute approximate surface area is 117 Å². The van der Waals surface area contributed by atoms with Crippen LogP contribution in [-0.4, -0.2) is 30.0 Å². The Bertz CT molecular complexity index is 650. The molecule has 0 bridgehead atoms. The largest absolute Gasteiger partial charge is 0.432 e. The third-order valence-electron chi connectivity index (χ3n) is 2.79. The number of carbonyl (C=O) groups excluding carboxylic acids is 1. The maximum atomic E-state index is 11.3. The molecule has 0 fully saturated rings. The van der Waals surface area contributed by atoms with Gasteiger partial charge in [0.05, 0.1) is 0 Å². The Balaban J connectivity index is 2.34. The van der Waals surface area contributed by atoms with Gasteiger partial charge < -0.3 is 9.64 Å². The second-order valence-corrected chi connectivity index (χ2v) is 4.89. The second kappa shape index (κ2) is 5.36. The minimum Gasteiger partial charge on any atom is -0.432 e. The first kappa shape index (κ1) is 13.5. The van der Waals surface area contributed by atoms with E-state index in [1.807, 2.05) is 50.5 Å². The van der Waals surface area contributed by atoms with Crippen molar-refractivity contribution in [3.63, 3.8) is 0 Å². The zero-order valence-electron chi connectivity index (χ0n) is 11.1. The van der Waals surface area contributed by atoms with Gasteiger partial charge in [-0.2, -0.15) is 0 Å². The molecule has 0 spiro atoms. The molecule has 0 aromatic heterocycles. The lowest BCUT2D eigenvalue weighted by Crippen LogP contribution is -2.24. The minimum atomic E-state index is 0.0658. The molecule has 0 aliphatic rings. The molecule has 0 radical (unpaired) electrons. The molecular formula is C15H15NO2S. The van der Waals surface area contributed by atoms with Crippen LogP contribution in [0, 0.1) is 0 Å². The molecule has 19 heavy (non-hydrogen) atoms. The molecule has 0 unspecified atom stereocenters. The summed E-state index contributed by atoms with van der Waals surface area (Å²) in [5.41, 5.74) is 0.713. The smallest absolute Gasteiger partial charge is 0.264 e. The molecule has 0 atom stereocenters. The van der Waals surface area contributed by atoms with E-state index < -0.39 is 0 Å². The lowest BCUT2D eigenvalue weighted by molar-refractivity contribution is 0.101. The maximum absolute atomic E-state index is 11.3. The molecule has 98 valence electrons. The van der Waals surface area contributed by atoms with Crippen LogP contribution in [0.25, 0.3) is 10.8 Å². The van der Waals surface area contributed by atoms with E-state index in [4.69, 9.17) is 17.0 Å². The summed E-state index contributed by atoms with van der Waals surface area (Å²) in [6, 6.07) is 11.3. The van der Waals surface area contributed by atoms with E-state index in [1.54, 1.807) is 11.8 Å². The van der Waals surface area contributed by atoms with Crippen molar-refractivity contribution in [1.29, 1.82) is 0 Å². The summed E-state index contributed by atoms with van der Waals surface area (Å²) in [5, 5.41) is 2.44. The van der Waals surface area contributed by atoms with Gasteiger partial charge in [-0.1, -0.05) is 18.2 Å². The third kappa shape index (κ3) is 3.09. The number of benzene rings is 2. The molecule has 0 amide bonds. The quantitative estimate of drug-likeness (QED) is 0.620. The van der Waals surface area contributed by atoms with Crippen molar-refractivity contribution in [3.05, 3.63) is 42.0 Å². The van der Waals surface area contributed by atoms with Crippen molar-refractivity contribution in [2.24, 2.45) is 0 Å². The van der Waals surface area contributed by atoms with Crippen molar-refractivity contribution in [2.75, 3.05) is 14.1 Å². The van der Waals surface area contributed by atoms with E-state index in [-0.39, 0.29) is 5.78 Å². The summed E-state index contributed by atoms with van der Waals surface area (Å²) in [4.78, 5) is 13.1. The standard InChI is InChI=1S/C15H15NO2S/c1-10(17)11-4-5-13-9-14(7-6-12(13)8-11)18-15(19)16(2)3/h4-9H,1-3H3. The predicted molar refractivity (Wildman–Crippen MR) is 80.9 cm³/mol. The van der Waals surface area contributed by atoms with Crippen molar-refractivity contribution in [3.8, 4) is 5.75 Å². The topological polar surface area (TPSA) is 29.5 Å². The minimum absolute atomic E-state index is 0.0658. The van der Waals surface area contributed by atoms with Crippen molar-refractivity contribution in [1.82, 2.24) is 4.90 Å². The molecule has 0 saturated carbocycles. The number of hydrogen-bond acceptors (Lipinski definition) is 3. The van der Waals surface area contributed by atoms with Crippen LogP contribution in [0.5, 0.6) is 5.75 Å². The van der Waals surface area contributed by atoms with Gasteiger partial charge in [0.15, 0.2) is 5.78 Å². The zero-order chi connectivity index (χ0) is 14.0. The van der Waals surface area contributed by atoms with Gasteiger partial charge in [0, 0.05) is 19.7 Å². The SMILES string of the molecule is CC(=O)c1ccc2cc(OC(=S)N(C)C)ccc2c1. The van der Waals surface area contributed by atoms with Gasteiger partial charge in [0.2, 0.25) is 0 Å². The van der Waals surface area contributed by atoms with Crippen LogP contribution in [-0.2, 0) is 0 Å². The van der Waals surface area contributed by atoms with Crippen LogP contribution in [0.15, 0.2) is 36.4 Å². The molecule has 4 heteroatoms. The Morgan fingerprint density at radius 1 is 1.11 bits per heavy atom. The first-order chi connectivity index (χ1) is 8.97. The van der Waals surface area contributed by atoms with Gasteiger partial charge in [0.25, 0.3) is 5.17 Å². The number of nitrogens with zero attached hydrogens (tertiary/aromatic N) is 1. The summed E-state index contributed by atoms with van der Waals surface area (Å²) in [7, 11) is 3.67. The normalized spacial score (nSPS) is 10.3. The van der Waals surface area contributed by atoms with E-state index in [0.717, 1.165) is 10.8 Å². The van der Waals surface area contributed by atoms with Crippen molar-refractivity contribution >= 4 is 33.9 Å². The number of ketones is 1. The highest BCUT2D eigenvalue weighted by Gasteiger charge is 2.05. The van der Waals surface area contributed by atoms with Gasteiger partial charge in [-0.3, -0.25) is 4.79 Å². The second-order valence-electron chi connectivity index (χ2n) is 4.54. The highest BCUT2D eigenvalue weighted by atomic mass is 32.1. The van der Waals surface area contributed by atoms with Gasteiger partial charge >= 0.3 is 0 Å². The van der Waals surface area contributed by atoms with Crippen LogP contribution in [0.3, 0.4) is 0 Å². The molecule has 3 nitrogen and oxygen atoms in total. The highest BCUT2D eigenvalue weighted by Crippen LogP contribution is 2.22. The molecular weight excluding hydrogens is 258 g/mol. The number of hydrogen-bond donors (Lipinski definition) is 0. The lowest BCUT2D eigenvalue weighted by atomic mass is 10.0. The Kier molecular flexibility index (Phi) is 3.81. The van der Waals surface area contributed by atoms with Crippen molar-refractivity contribution in [2.45, 2.75) is 6.92 Å². The van der Waals surface area contributed by atoms with Crippen LogP contribution in [0.4, 0.5) is 0 Å². The van der Waals surface area contributed by atoms with E-state index in [2.05, 4.69) is 0 Å². The number of thiocarbonyl (C=S) groups is 1. The zero-order valence-corrected chi connectivity index (χ0v) is 12.0. The Morgan fingerprint density at radius 3 is 2.37 bits per heavy atom. The highest BCUT2D eigenvalue weighted by molar-refractivity contribution is 7.80. The molecule has 0 heterocycles. The average Bonchev–Trinajstić information content (AvgIpc) is 2.37. The molecule has 2 rings (SSSR count). The molecule has 0 aliphatic heterocycles. The predicted octanol–water partition coefficient (Wildman–Crippen LogP) is 3.27. The Morgan fingerprint density at radius 2 is 1.74 bits per heavy atom. The van der Waals surface area contributed by atoms with Gasteiger partial charge in [-0.25, -0.2) is 0 Å². The summed E-state index contributed by atoms with van der Waals surface area (Å²) in [6.45, 7) is 1.56. The monoisotopic (exact) mass is 273 g/mol. The number of rotatable bonds is 2. The molecule has 2 aromatic rings. The van der Waals surface area contributed by atoms with Gasteiger partial charge in [-0.05, 0) is 48.1 Å². The fourth-order valence-corrected chi connectivity index (χ4v) is 1.79. The van der Waals surface area contributed by atoms with E-state index in [0.29, 0.717) is 16.5 Å². The number of Topliss-reactive ketones (excluding diaryl/α,β-unsaturated/α-hetero) is 1. The molecule has 0 N–H and O–H groups in total. The van der Waals surface area contributed by atoms with E-state index >= 15 is 0 Å². The maximum Gasteiger partial charge on any atom is 0.264 e. The number of ether oxygens (including phenoxy) is 1. The summed E-state index contributed by atoms with van der Waals surface area (Å²) < 4.78 is 5.55. The van der Waals surface area contributed by atoms with E-state index in [9.17, 15) is 4.79 Å². The molecule has 0 saturated heterocycles. The number of fused-ring (bicyclic) bond motifs is 1. The van der Waals surface area contributed by atoms with Gasteiger partial charge in [0.1, 0.15) is 5.75 Å². The van der Waals surface area contributed by atoms with Crippen molar-refractivity contribution < 1.29 is 9.53 Å². The summed E-state index contributed by atoms with van der Waals surface area (Å²) in [5.74, 6) is 0.762. The van der Waals surface area contributed by atoms with Crippen LogP contribution < -0.4 is 4.74 Å². The fourth-order valence-electron chi connectivity index (χ4n) is 1.70. The fraction of sp³-hybridized carbons (Fsp3) is 0.200. The molecule has 2 aromatic carbocycles. The van der Waals surface area contributed by atoms with E-state index in [1.165, 1.54) is 0 Å². The Hall–Kier alpha value is -1.94. The summed E-state index contributed by atoms with van der Waals surface area (Å²) >= 11 is 5.10. The lowest BCUT2D eigenvalue weighted by Gasteiger charge is -2.14. The van der Waals surface area contributed by atoms with Crippen LogP contribution >= 0.6 is 12.2 Å². The van der Waals surface area contributed by atoms with Crippen LogP contribution in [0.1, 0.15) is 17.3 Å². The average molecular weight is 273 g/mol. The first-order valence-corrected chi connectivity index (χ1v) is 6.32. The van der Waals surface area contributed by atoms with Crippen LogP contribution in [0.2, 0.25) is 0 Å². The molecule has 0 aliphatic carbocycles. The summed E-state index contributed by atoms with van der Waals surface area (Å²) in [6.07, 6.45) is 0. The third-order valence-corrected chi connectivity index (χ3v) is 3.24. The first-order valence-electron chi connectivity index (χ1n) is 5.91. The van der Waals surface area contributed by atoms with Gasteiger partial charge in [-0.15, -0.1) is 0 Å². The number of carbonyl (C=O) groups is 1.